The summed E-state index contributed by atoms with van der Waals surface area (Å²) in [5.41, 5.74) is 1.36. The molecule has 1 unspecified atom stereocenters. The Bertz CT molecular complexity index is 574. The van der Waals surface area contributed by atoms with Crippen LogP contribution in [-0.2, 0) is 6.54 Å². The van der Waals surface area contributed by atoms with Crippen LogP contribution in [0.15, 0.2) is 47.5 Å². The van der Waals surface area contributed by atoms with E-state index in [1.165, 1.54) is 16.3 Å². The van der Waals surface area contributed by atoms with Gasteiger partial charge >= 0.3 is 0 Å². The molecule has 1 aliphatic heterocycles. The Morgan fingerprint density at radius 1 is 1.17 bits per heavy atom. The van der Waals surface area contributed by atoms with E-state index >= 15 is 0 Å². The first kappa shape index (κ1) is 11.3. The second-order valence-electron chi connectivity index (χ2n) is 4.90. The molecule has 0 radical (unpaired) electrons. The molecule has 2 aromatic rings. The molecular formula is C16H18N2. The summed E-state index contributed by atoms with van der Waals surface area (Å²) < 4.78 is 0. The van der Waals surface area contributed by atoms with E-state index in [4.69, 9.17) is 0 Å². The van der Waals surface area contributed by atoms with Crippen LogP contribution in [0.25, 0.3) is 10.8 Å². The van der Waals surface area contributed by atoms with Crippen LogP contribution in [0.1, 0.15) is 18.9 Å². The van der Waals surface area contributed by atoms with Crippen LogP contribution in [0.3, 0.4) is 0 Å². The summed E-state index contributed by atoms with van der Waals surface area (Å²) in [4.78, 5) is 6.73. The average molecular weight is 238 g/mol. The molecule has 0 amide bonds. The molecule has 18 heavy (non-hydrogen) atoms. The van der Waals surface area contributed by atoms with Crippen LogP contribution in [0.5, 0.6) is 0 Å². The summed E-state index contributed by atoms with van der Waals surface area (Å²) in [6, 6.07) is 15.8. The van der Waals surface area contributed by atoms with Crippen molar-refractivity contribution in [2.45, 2.75) is 25.9 Å². The van der Waals surface area contributed by atoms with Crippen molar-refractivity contribution < 1.29 is 0 Å². The van der Waals surface area contributed by atoms with Crippen molar-refractivity contribution >= 4 is 17.1 Å². The van der Waals surface area contributed by atoms with Gasteiger partial charge in [0.25, 0.3) is 0 Å². The number of hydrogen-bond donors (Lipinski definition) is 0. The largest absolute Gasteiger partial charge is 0.354 e. The van der Waals surface area contributed by atoms with Gasteiger partial charge in [-0.15, -0.1) is 0 Å². The van der Waals surface area contributed by atoms with Crippen LogP contribution in [0, 0.1) is 0 Å². The Morgan fingerprint density at radius 3 is 2.83 bits per heavy atom. The third-order valence-corrected chi connectivity index (χ3v) is 3.67. The van der Waals surface area contributed by atoms with Gasteiger partial charge in [-0.25, -0.2) is 0 Å². The highest BCUT2D eigenvalue weighted by molar-refractivity contribution is 5.83. The Morgan fingerprint density at radius 2 is 2.00 bits per heavy atom. The molecule has 2 nitrogen and oxygen atoms in total. The first-order valence-corrected chi connectivity index (χ1v) is 6.60. The first-order chi connectivity index (χ1) is 8.86. The second-order valence-corrected chi connectivity index (χ2v) is 4.90. The van der Waals surface area contributed by atoms with Gasteiger partial charge in [-0.05, 0) is 28.8 Å². The maximum atomic E-state index is 4.38. The van der Waals surface area contributed by atoms with Crippen LogP contribution in [0.4, 0.5) is 0 Å². The van der Waals surface area contributed by atoms with Gasteiger partial charge in [0.15, 0.2) is 0 Å². The van der Waals surface area contributed by atoms with Gasteiger partial charge in [-0.3, -0.25) is 4.99 Å². The molecule has 0 bridgehead atoms. The van der Waals surface area contributed by atoms with E-state index in [1.807, 2.05) is 6.34 Å². The van der Waals surface area contributed by atoms with Crippen molar-refractivity contribution in [3.63, 3.8) is 0 Å². The number of hydrogen-bond acceptors (Lipinski definition) is 2. The Labute approximate surface area is 108 Å². The van der Waals surface area contributed by atoms with Gasteiger partial charge in [0, 0.05) is 12.6 Å². The van der Waals surface area contributed by atoms with Crippen LogP contribution >= 0.6 is 0 Å². The molecule has 92 valence electrons. The van der Waals surface area contributed by atoms with Crippen molar-refractivity contribution in [3.05, 3.63) is 48.0 Å². The highest BCUT2D eigenvalue weighted by atomic mass is 15.2. The predicted molar refractivity (Wildman–Crippen MR) is 76.9 cm³/mol. The van der Waals surface area contributed by atoms with E-state index < -0.39 is 0 Å². The number of aliphatic imine (C=N–C) groups is 1. The zero-order valence-electron chi connectivity index (χ0n) is 10.7. The fraction of sp³-hybridized carbons (Fsp3) is 0.312. The summed E-state index contributed by atoms with van der Waals surface area (Å²) in [5, 5.41) is 2.63. The fourth-order valence-corrected chi connectivity index (χ4v) is 2.55. The molecule has 0 aromatic heterocycles. The molecular weight excluding hydrogens is 220 g/mol. The summed E-state index contributed by atoms with van der Waals surface area (Å²) in [6.07, 6.45) is 3.16. The third kappa shape index (κ3) is 2.10. The molecule has 0 spiro atoms. The molecule has 0 saturated carbocycles. The van der Waals surface area contributed by atoms with E-state index in [0.29, 0.717) is 6.04 Å². The van der Waals surface area contributed by atoms with Gasteiger partial charge in [0.1, 0.15) is 0 Å². The van der Waals surface area contributed by atoms with Crippen LogP contribution in [-0.4, -0.2) is 23.8 Å². The minimum absolute atomic E-state index is 0.580. The maximum absolute atomic E-state index is 4.38. The van der Waals surface area contributed by atoms with E-state index in [1.54, 1.807) is 0 Å². The standard InChI is InChI=1S/C16H18N2/c1-2-16-10-17-12-18(16)11-13-7-8-14-5-3-4-6-15(14)9-13/h3-9,12,16H,2,10-11H2,1H3. The molecule has 0 N–H and O–H groups in total. The quantitative estimate of drug-likeness (QED) is 0.799. The lowest BCUT2D eigenvalue weighted by Crippen LogP contribution is -2.30. The lowest BCUT2D eigenvalue weighted by molar-refractivity contribution is 0.335. The van der Waals surface area contributed by atoms with Crippen molar-refractivity contribution in [2.75, 3.05) is 6.54 Å². The fourth-order valence-electron chi connectivity index (χ4n) is 2.55. The first-order valence-electron chi connectivity index (χ1n) is 6.60. The summed E-state index contributed by atoms with van der Waals surface area (Å²) in [6.45, 7) is 4.14. The molecule has 0 aliphatic carbocycles. The van der Waals surface area contributed by atoms with Gasteiger partial charge in [-0.1, -0.05) is 43.3 Å². The highest BCUT2D eigenvalue weighted by Gasteiger charge is 2.18. The van der Waals surface area contributed by atoms with Crippen molar-refractivity contribution in [3.8, 4) is 0 Å². The third-order valence-electron chi connectivity index (χ3n) is 3.67. The van der Waals surface area contributed by atoms with Crippen molar-refractivity contribution in [1.29, 1.82) is 0 Å². The molecule has 1 aliphatic rings. The topological polar surface area (TPSA) is 15.6 Å². The highest BCUT2D eigenvalue weighted by Crippen LogP contribution is 2.19. The number of benzene rings is 2. The van der Waals surface area contributed by atoms with Gasteiger partial charge in [-0.2, -0.15) is 0 Å². The lowest BCUT2D eigenvalue weighted by atomic mass is 10.1. The average Bonchev–Trinajstić information content (AvgIpc) is 2.86. The molecule has 1 atom stereocenters. The van der Waals surface area contributed by atoms with Crippen molar-refractivity contribution in [1.82, 2.24) is 4.90 Å². The molecule has 2 heteroatoms. The van der Waals surface area contributed by atoms with E-state index in [2.05, 4.69) is 59.3 Å². The molecule has 2 aromatic carbocycles. The minimum atomic E-state index is 0.580. The smallest absolute Gasteiger partial charge is 0.0856 e. The molecule has 0 saturated heterocycles. The van der Waals surface area contributed by atoms with Gasteiger partial charge in [0.05, 0.1) is 12.9 Å². The minimum Gasteiger partial charge on any atom is -0.354 e. The zero-order valence-corrected chi connectivity index (χ0v) is 10.7. The number of rotatable bonds is 3. The normalized spacial score (nSPS) is 18.7. The van der Waals surface area contributed by atoms with Crippen molar-refractivity contribution in [2.24, 2.45) is 4.99 Å². The Balaban J connectivity index is 1.84. The summed E-state index contributed by atoms with van der Waals surface area (Å²) in [5.74, 6) is 0. The molecule has 3 rings (SSSR count). The maximum Gasteiger partial charge on any atom is 0.0856 e. The van der Waals surface area contributed by atoms with Gasteiger partial charge in [0.2, 0.25) is 0 Å². The number of fused-ring (bicyclic) bond motifs is 1. The van der Waals surface area contributed by atoms with E-state index in [0.717, 1.165) is 19.5 Å². The lowest BCUT2D eigenvalue weighted by Gasteiger charge is -2.23. The Hall–Kier alpha value is -1.83. The molecule has 1 heterocycles. The predicted octanol–water partition coefficient (Wildman–Crippen LogP) is 3.46. The van der Waals surface area contributed by atoms with E-state index in [9.17, 15) is 0 Å². The van der Waals surface area contributed by atoms with Gasteiger partial charge < -0.3 is 4.90 Å². The second kappa shape index (κ2) is 4.81. The Kier molecular flexibility index (Phi) is 3.01. The van der Waals surface area contributed by atoms with Crippen LogP contribution in [0.2, 0.25) is 0 Å². The van der Waals surface area contributed by atoms with Crippen LogP contribution < -0.4 is 0 Å². The summed E-state index contributed by atoms with van der Waals surface area (Å²) >= 11 is 0. The SMILES string of the molecule is CCC1CN=CN1Cc1ccc2ccccc2c1. The monoisotopic (exact) mass is 238 g/mol. The number of nitrogens with zero attached hydrogens (tertiary/aromatic N) is 2. The zero-order chi connectivity index (χ0) is 12.4. The van der Waals surface area contributed by atoms with E-state index in [-0.39, 0.29) is 0 Å². The summed E-state index contributed by atoms with van der Waals surface area (Å²) in [7, 11) is 0. The molecule has 0 fully saturated rings.